The molecule has 10 heteroatoms. The SMILES string of the molecule is Cc1ccc(NC(=O)NN2CCCN(c3ccc(-n4ccnc4CN(C)C)cc3F)C2=O)cc1. The molecule has 0 spiro atoms. The number of carbonyl (C=O) groups excluding carboxylic acids is 2. The summed E-state index contributed by atoms with van der Waals surface area (Å²) in [5.41, 5.74) is 5.02. The van der Waals surface area contributed by atoms with Crippen molar-refractivity contribution < 1.29 is 14.0 Å². The van der Waals surface area contributed by atoms with Crippen LogP contribution in [-0.2, 0) is 6.54 Å². The fourth-order valence-electron chi connectivity index (χ4n) is 3.80. The van der Waals surface area contributed by atoms with Crippen LogP contribution in [0.4, 0.5) is 25.4 Å². The first kappa shape index (κ1) is 23.2. The van der Waals surface area contributed by atoms with Crippen LogP contribution >= 0.6 is 0 Å². The summed E-state index contributed by atoms with van der Waals surface area (Å²) in [6.45, 7) is 3.24. The van der Waals surface area contributed by atoms with E-state index in [4.69, 9.17) is 0 Å². The van der Waals surface area contributed by atoms with E-state index in [-0.39, 0.29) is 5.69 Å². The number of hydrazine groups is 1. The van der Waals surface area contributed by atoms with Gasteiger partial charge in [0.2, 0.25) is 0 Å². The predicted molar refractivity (Wildman–Crippen MR) is 128 cm³/mol. The van der Waals surface area contributed by atoms with Gasteiger partial charge >= 0.3 is 12.1 Å². The van der Waals surface area contributed by atoms with Gasteiger partial charge in [0.05, 0.1) is 12.2 Å². The number of amides is 4. The Morgan fingerprint density at radius 1 is 1.15 bits per heavy atom. The van der Waals surface area contributed by atoms with Gasteiger partial charge in [0, 0.05) is 42.9 Å². The van der Waals surface area contributed by atoms with Crippen LogP contribution in [0.25, 0.3) is 5.69 Å². The largest absolute Gasteiger partial charge is 0.343 e. The molecule has 0 aliphatic carbocycles. The number of anilines is 2. The Kier molecular flexibility index (Phi) is 6.78. The molecule has 4 amide bonds. The van der Waals surface area contributed by atoms with Gasteiger partial charge in [-0.3, -0.25) is 4.90 Å². The quantitative estimate of drug-likeness (QED) is 0.581. The predicted octanol–water partition coefficient (Wildman–Crippen LogP) is 3.75. The van der Waals surface area contributed by atoms with E-state index in [2.05, 4.69) is 15.7 Å². The van der Waals surface area contributed by atoms with Crippen molar-refractivity contribution in [2.24, 2.45) is 0 Å². The highest BCUT2D eigenvalue weighted by Gasteiger charge is 2.30. The summed E-state index contributed by atoms with van der Waals surface area (Å²) in [4.78, 5) is 33.1. The van der Waals surface area contributed by atoms with Crippen LogP contribution in [-0.4, -0.2) is 58.7 Å². The lowest BCUT2D eigenvalue weighted by atomic mass is 10.2. The number of rotatable bonds is 6. The zero-order chi connectivity index (χ0) is 24.2. The van der Waals surface area contributed by atoms with E-state index in [0.29, 0.717) is 37.4 Å². The molecule has 1 aromatic heterocycles. The van der Waals surface area contributed by atoms with E-state index in [9.17, 15) is 9.59 Å². The summed E-state index contributed by atoms with van der Waals surface area (Å²) < 4.78 is 17.0. The van der Waals surface area contributed by atoms with Gasteiger partial charge in [-0.25, -0.2) is 29.4 Å². The summed E-state index contributed by atoms with van der Waals surface area (Å²) in [7, 11) is 3.87. The van der Waals surface area contributed by atoms with Crippen LogP contribution < -0.4 is 15.6 Å². The standard InChI is InChI=1S/C24H28FN7O2/c1-17-5-7-18(8-6-17)27-23(33)28-32-13-4-12-31(24(32)34)21-10-9-19(15-20(21)25)30-14-11-26-22(30)16-29(2)3/h5-11,14-15H,4,12-13,16H2,1-3H3,(H2,27,28,33). The molecular formula is C24H28FN7O2. The molecule has 34 heavy (non-hydrogen) atoms. The molecule has 178 valence electrons. The highest BCUT2D eigenvalue weighted by atomic mass is 19.1. The maximum Gasteiger partial charge on any atom is 0.343 e. The topological polar surface area (TPSA) is 85.7 Å². The van der Waals surface area contributed by atoms with Crippen molar-refractivity contribution in [1.29, 1.82) is 0 Å². The van der Waals surface area contributed by atoms with Crippen molar-refractivity contribution >= 4 is 23.4 Å². The summed E-state index contributed by atoms with van der Waals surface area (Å²) in [6.07, 6.45) is 4.02. The van der Waals surface area contributed by atoms with Crippen molar-refractivity contribution in [3.05, 3.63) is 72.1 Å². The molecule has 0 unspecified atom stereocenters. The molecule has 0 radical (unpaired) electrons. The monoisotopic (exact) mass is 465 g/mol. The third-order valence-corrected chi connectivity index (χ3v) is 5.45. The van der Waals surface area contributed by atoms with Gasteiger partial charge in [0.25, 0.3) is 0 Å². The minimum Gasteiger partial charge on any atom is -0.307 e. The molecule has 2 heterocycles. The average Bonchev–Trinajstić information content (AvgIpc) is 3.24. The lowest BCUT2D eigenvalue weighted by molar-refractivity contribution is 0.167. The third-order valence-electron chi connectivity index (χ3n) is 5.45. The van der Waals surface area contributed by atoms with Crippen molar-refractivity contribution in [1.82, 2.24) is 24.9 Å². The number of aryl methyl sites for hydroxylation is 1. The van der Waals surface area contributed by atoms with Crippen LogP contribution in [0, 0.1) is 12.7 Å². The normalized spacial score (nSPS) is 14.0. The molecular weight excluding hydrogens is 437 g/mol. The lowest BCUT2D eigenvalue weighted by Crippen LogP contribution is -2.57. The third kappa shape index (κ3) is 5.18. The van der Waals surface area contributed by atoms with Crippen molar-refractivity contribution in [2.75, 3.05) is 37.4 Å². The maximum absolute atomic E-state index is 15.1. The number of halogens is 1. The highest BCUT2D eigenvalue weighted by Crippen LogP contribution is 2.26. The zero-order valence-electron chi connectivity index (χ0n) is 19.5. The number of benzene rings is 2. The van der Waals surface area contributed by atoms with E-state index in [1.165, 1.54) is 16.0 Å². The first-order chi connectivity index (χ1) is 16.3. The first-order valence-electron chi connectivity index (χ1n) is 11.0. The molecule has 0 saturated carbocycles. The average molecular weight is 466 g/mol. The van der Waals surface area contributed by atoms with E-state index in [0.717, 1.165) is 11.4 Å². The minimum absolute atomic E-state index is 0.161. The van der Waals surface area contributed by atoms with Gasteiger partial charge in [-0.15, -0.1) is 0 Å². The van der Waals surface area contributed by atoms with Gasteiger partial charge in [0.15, 0.2) is 0 Å². The maximum atomic E-state index is 15.1. The van der Waals surface area contributed by atoms with Crippen molar-refractivity contribution in [3.63, 3.8) is 0 Å². The molecule has 1 aliphatic rings. The van der Waals surface area contributed by atoms with E-state index < -0.39 is 17.9 Å². The number of imidazole rings is 1. The number of urea groups is 2. The molecule has 1 fully saturated rings. The Morgan fingerprint density at radius 2 is 1.91 bits per heavy atom. The second-order valence-corrected chi connectivity index (χ2v) is 8.46. The Morgan fingerprint density at radius 3 is 2.62 bits per heavy atom. The summed E-state index contributed by atoms with van der Waals surface area (Å²) in [5, 5.41) is 3.90. The smallest absolute Gasteiger partial charge is 0.307 e. The van der Waals surface area contributed by atoms with E-state index in [1.54, 1.807) is 36.7 Å². The number of nitrogens with zero attached hydrogens (tertiary/aromatic N) is 5. The van der Waals surface area contributed by atoms with Gasteiger partial charge in [0.1, 0.15) is 11.6 Å². The molecule has 1 saturated heterocycles. The molecule has 2 N–H and O–H groups in total. The molecule has 0 atom stereocenters. The van der Waals surface area contributed by atoms with Gasteiger partial charge in [-0.05, 0) is 51.7 Å². The summed E-state index contributed by atoms with van der Waals surface area (Å²) in [6, 6.07) is 11.0. The van der Waals surface area contributed by atoms with Crippen LogP contribution in [0.2, 0.25) is 0 Å². The van der Waals surface area contributed by atoms with Crippen molar-refractivity contribution in [2.45, 2.75) is 19.9 Å². The molecule has 2 aromatic carbocycles. The Balaban J connectivity index is 1.46. The second-order valence-electron chi connectivity index (χ2n) is 8.46. The molecule has 0 bridgehead atoms. The summed E-state index contributed by atoms with van der Waals surface area (Å²) in [5.74, 6) is 0.252. The first-order valence-corrected chi connectivity index (χ1v) is 11.0. The van der Waals surface area contributed by atoms with Gasteiger partial charge in [-0.1, -0.05) is 17.7 Å². The highest BCUT2D eigenvalue weighted by molar-refractivity contribution is 5.96. The van der Waals surface area contributed by atoms with Crippen molar-refractivity contribution in [3.8, 4) is 5.69 Å². The molecule has 3 aromatic rings. The second kappa shape index (κ2) is 9.92. The van der Waals surface area contributed by atoms with Gasteiger partial charge in [-0.2, -0.15) is 0 Å². The molecule has 4 rings (SSSR count). The molecule has 1 aliphatic heterocycles. The fourth-order valence-corrected chi connectivity index (χ4v) is 3.80. The van der Waals surface area contributed by atoms with Crippen LogP contribution in [0.1, 0.15) is 17.8 Å². The number of hydrogen-bond acceptors (Lipinski definition) is 4. The number of nitrogens with one attached hydrogen (secondary N) is 2. The van der Waals surface area contributed by atoms with Crippen LogP contribution in [0.15, 0.2) is 54.9 Å². The number of hydrogen-bond donors (Lipinski definition) is 2. The Labute approximate surface area is 197 Å². The fraction of sp³-hybridized carbons (Fsp3) is 0.292. The zero-order valence-corrected chi connectivity index (χ0v) is 19.5. The van der Waals surface area contributed by atoms with Crippen LogP contribution in [0.5, 0.6) is 0 Å². The lowest BCUT2D eigenvalue weighted by Gasteiger charge is -2.35. The van der Waals surface area contributed by atoms with E-state index >= 15 is 4.39 Å². The van der Waals surface area contributed by atoms with Crippen LogP contribution in [0.3, 0.4) is 0 Å². The number of carbonyl (C=O) groups is 2. The number of aromatic nitrogens is 2. The summed E-state index contributed by atoms with van der Waals surface area (Å²) >= 11 is 0. The Hall–Kier alpha value is -3.92. The Bertz CT molecular complexity index is 1180. The van der Waals surface area contributed by atoms with Gasteiger partial charge < -0.3 is 14.8 Å². The minimum atomic E-state index is -0.539. The van der Waals surface area contributed by atoms with E-state index in [1.807, 2.05) is 42.6 Å². The molecule has 9 nitrogen and oxygen atoms in total.